The lowest BCUT2D eigenvalue weighted by molar-refractivity contribution is -0.0967. The summed E-state index contributed by atoms with van der Waals surface area (Å²) in [5, 5.41) is 11.1. The van der Waals surface area contributed by atoms with Gasteiger partial charge in [0.1, 0.15) is 5.75 Å². The van der Waals surface area contributed by atoms with E-state index in [4.69, 9.17) is 9.57 Å². The minimum absolute atomic E-state index is 0.156. The summed E-state index contributed by atoms with van der Waals surface area (Å²) in [6.45, 7) is 0. The van der Waals surface area contributed by atoms with E-state index >= 15 is 0 Å². The van der Waals surface area contributed by atoms with Crippen molar-refractivity contribution in [3.63, 3.8) is 0 Å². The van der Waals surface area contributed by atoms with Crippen LogP contribution in [0, 0.1) is 0 Å². The van der Waals surface area contributed by atoms with Crippen molar-refractivity contribution >= 4 is 28.3 Å². The molecular weight excluding hydrogens is 311 g/mol. The zero-order valence-electron chi connectivity index (χ0n) is 8.05. The molecule has 1 aliphatic heterocycles. The second-order valence-corrected chi connectivity index (χ2v) is 4.32. The molecule has 1 radical (unpaired) electrons. The molecule has 6 heteroatoms. The summed E-state index contributed by atoms with van der Waals surface area (Å²) in [5.41, 5.74) is 3.55. The predicted octanol–water partition coefficient (Wildman–Crippen LogP) is 1.03. The van der Waals surface area contributed by atoms with Gasteiger partial charge in [0.25, 0.3) is 0 Å². The second kappa shape index (κ2) is 4.52. The Kier molecular flexibility index (Phi) is 3.29. The Bertz CT molecular complexity index is 333. The van der Waals surface area contributed by atoms with Crippen LogP contribution in [0.15, 0.2) is 24.3 Å². The van der Waals surface area contributed by atoms with Gasteiger partial charge in [0.15, 0.2) is 0 Å². The average molecular weight is 322 g/mol. The summed E-state index contributed by atoms with van der Waals surface area (Å²) in [4.78, 5) is 4.88. The van der Waals surface area contributed by atoms with Gasteiger partial charge in [-0.2, -0.15) is 0 Å². The monoisotopic (exact) mass is 322 g/mol. The lowest BCUT2D eigenvalue weighted by Gasteiger charge is -2.14. The van der Waals surface area contributed by atoms with Crippen molar-refractivity contribution in [1.82, 2.24) is 5.59 Å². The van der Waals surface area contributed by atoms with Crippen LogP contribution in [0.2, 0.25) is 0 Å². The zero-order chi connectivity index (χ0) is 10.8. The number of aliphatic hydroxyl groups is 1. The van der Waals surface area contributed by atoms with Gasteiger partial charge >= 0.3 is 6.29 Å². The van der Waals surface area contributed by atoms with E-state index in [9.17, 15) is 5.11 Å². The van der Waals surface area contributed by atoms with Crippen LogP contribution in [0.25, 0.3) is 0 Å². The quantitative estimate of drug-likeness (QED) is 0.369. The number of benzene rings is 1. The minimum atomic E-state index is -0.826. The van der Waals surface area contributed by atoms with Gasteiger partial charge in [-0.15, -0.1) is 0 Å². The number of hydrogen-bond acceptors (Lipinski definition) is 5. The molecule has 0 bridgehead atoms. The van der Waals surface area contributed by atoms with Gasteiger partial charge in [-0.25, -0.2) is 5.01 Å². The van der Waals surface area contributed by atoms with E-state index in [1.54, 1.807) is 12.1 Å². The molecule has 2 unspecified atom stereocenters. The van der Waals surface area contributed by atoms with Crippen molar-refractivity contribution in [2.45, 2.75) is 10.3 Å². The summed E-state index contributed by atoms with van der Waals surface area (Å²) in [5.74, 6) is 0.796. The molecule has 1 aliphatic rings. The number of ether oxygens (including phenoxy) is 1. The van der Waals surface area contributed by atoms with E-state index in [0.29, 0.717) is 0 Å². The van der Waals surface area contributed by atoms with Crippen molar-refractivity contribution in [2.75, 3.05) is 12.1 Å². The number of hydrogen-bond donors (Lipinski definition) is 2. The maximum atomic E-state index is 9.37. The van der Waals surface area contributed by atoms with Gasteiger partial charge < -0.3 is 9.84 Å². The molecule has 0 aromatic heterocycles. The molecule has 1 saturated heterocycles. The predicted molar refractivity (Wildman–Crippen MR) is 63.5 cm³/mol. The first-order chi connectivity index (χ1) is 7.22. The molecule has 0 aliphatic carbocycles. The maximum absolute atomic E-state index is 9.37. The molecule has 15 heavy (non-hydrogen) atoms. The van der Waals surface area contributed by atoms with Gasteiger partial charge in [0.05, 0.1) is 18.4 Å². The molecule has 2 atom stereocenters. The number of nitrogens with zero attached hydrogens (tertiary/aromatic N) is 1. The van der Waals surface area contributed by atoms with E-state index in [1.807, 2.05) is 24.3 Å². The van der Waals surface area contributed by atoms with Crippen LogP contribution < -0.4 is 15.3 Å². The Balaban J connectivity index is 2.16. The molecular formula is C9H11IN2O3+. The van der Waals surface area contributed by atoms with E-state index in [1.165, 1.54) is 0 Å². The molecule has 0 spiro atoms. The molecule has 1 heterocycles. The standard InChI is InChI=1S/C9H11IN2O3/c1-14-7-4-2-6(3-5-7)12-8(10)9(13)15-11-12/h2-5,8-9,11,13H,1H3/q+1. The van der Waals surface area contributed by atoms with Gasteiger partial charge in [-0.3, -0.25) is 0 Å². The SMILES string of the molecule is COc1ccc(N2N[O+]C(O)C2I)cc1. The highest BCUT2D eigenvalue weighted by molar-refractivity contribution is 14.1. The maximum Gasteiger partial charge on any atom is 0.399 e. The lowest BCUT2D eigenvalue weighted by Crippen LogP contribution is -2.35. The lowest BCUT2D eigenvalue weighted by atomic mass is 10.3. The average Bonchev–Trinajstić information content (AvgIpc) is 2.60. The van der Waals surface area contributed by atoms with Crippen LogP contribution in [-0.4, -0.2) is 22.6 Å². The number of aliphatic hydroxyl groups excluding tert-OH is 1. The second-order valence-electron chi connectivity index (χ2n) is 3.04. The topological polar surface area (TPSA) is 56.0 Å². The molecule has 2 rings (SSSR count). The molecule has 1 aromatic carbocycles. The van der Waals surface area contributed by atoms with Gasteiger partial charge in [-0.05, 0) is 46.9 Å². The van der Waals surface area contributed by atoms with E-state index in [2.05, 4.69) is 28.2 Å². The number of nitrogens with one attached hydrogen (secondary N) is 1. The highest BCUT2D eigenvalue weighted by Crippen LogP contribution is 2.26. The first kappa shape index (κ1) is 10.9. The third kappa shape index (κ3) is 2.17. The number of rotatable bonds is 2. The molecule has 81 valence electrons. The minimum Gasteiger partial charge on any atom is -0.497 e. The van der Waals surface area contributed by atoms with Crippen molar-refractivity contribution in [2.24, 2.45) is 0 Å². The summed E-state index contributed by atoms with van der Waals surface area (Å²) in [6, 6.07) is 7.48. The van der Waals surface area contributed by atoms with Gasteiger partial charge in [0.2, 0.25) is 4.05 Å². The first-order valence-electron chi connectivity index (χ1n) is 4.39. The number of methoxy groups -OCH3 is 1. The summed E-state index contributed by atoms with van der Waals surface area (Å²) in [6.07, 6.45) is -0.826. The third-order valence-corrected chi connectivity index (χ3v) is 3.28. The van der Waals surface area contributed by atoms with E-state index in [0.717, 1.165) is 11.4 Å². The number of halogens is 1. The van der Waals surface area contributed by atoms with Crippen molar-refractivity contribution in [3.05, 3.63) is 24.3 Å². The highest BCUT2D eigenvalue weighted by atomic mass is 127. The zero-order valence-corrected chi connectivity index (χ0v) is 10.2. The Hall–Kier alpha value is -0.570. The van der Waals surface area contributed by atoms with E-state index in [-0.39, 0.29) is 4.05 Å². The van der Waals surface area contributed by atoms with Gasteiger partial charge in [-0.1, -0.05) is 0 Å². The molecule has 0 amide bonds. The normalized spacial score (nSPS) is 25.7. The number of alkyl halides is 1. The number of hydrazine groups is 1. The van der Waals surface area contributed by atoms with Crippen LogP contribution in [0.5, 0.6) is 5.75 Å². The Morgan fingerprint density at radius 1 is 1.47 bits per heavy atom. The molecule has 0 saturated carbocycles. The summed E-state index contributed by atoms with van der Waals surface area (Å²) < 4.78 is 4.90. The third-order valence-electron chi connectivity index (χ3n) is 2.10. The van der Waals surface area contributed by atoms with Crippen LogP contribution in [0.4, 0.5) is 5.69 Å². The summed E-state index contributed by atoms with van der Waals surface area (Å²) in [7, 11) is 1.62. The summed E-state index contributed by atoms with van der Waals surface area (Å²) >= 11 is 2.10. The smallest absolute Gasteiger partial charge is 0.399 e. The van der Waals surface area contributed by atoms with Crippen LogP contribution in [-0.2, 0) is 4.84 Å². The fraction of sp³-hybridized carbons (Fsp3) is 0.333. The fourth-order valence-corrected chi connectivity index (χ4v) is 1.86. The first-order valence-corrected chi connectivity index (χ1v) is 5.63. The Morgan fingerprint density at radius 2 is 2.13 bits per heavy atom. The van der Waals surface area contributed by atoms with Gasteiger partial charge in [0, 0.05) is 4.84 Å². The Labute approximate surface area is 101 Å². The molecule has 1 aromatic rings. The van der Waals surface area contributed by atoms with Crippen molar-refractivity contribution in [1.29, 1.82) is 0 Å². The highest BCUT2D eigenvalue weighted by Gasteiger charge is 2.43. The van der Waals surface area contributed by atoms with E-state index < -0.39 is 6.29 Å². The largest absolute Gasteiger partial charge is 0.497 e. The molecule has 5 nitrogen and oxygen atoms in total. The van der Waals surface area contributed by atoms with Crippen molar-refractivity contribution in [3.8, 4) is 5.75 Å². The number of anilines is 1. The molecule has 1 fully saturated rings. The molecule has 2 N–H and O–H groups in total. The van der Waals surface area contributed by atoms with Crippen LogP contribution in [0.1, 0.15) is 0 Å². The van der Waals surface area contributed by atoms with Crippen LogP contribution >= 0.6 is 22.6 Å². The fourth-order valence-electron chi connectivity index (χ4n) is 1.28. The van der Waals surface area contributed by atoms with Crippen LogP contribution in [0.3, 0.4) is 0 Å². The Morgan fingerprint density at radius 3 is 2.60 bits per heavy atom. The van der Waals surface area contributed by atoms with Crippen molar-refractivity contribution < 1.29 is 14.7 Å².